The van der Waals surface area contributed by atoms with E-state index in [0.29, 0.717) is 25.9 Å². The van der Waals surface area contributed by atoms with Crippen LogP contribution in [0.2, 0.25) is 0 Å². The lowest BCUT2D eigenvalue weighted by Gasteiger charge is -2.39. The zero-order valence-corrected chi connectivity index (χ0v) is 15.2. The molecule has 1 fully saturated rings. The Labute approximate surface area is 160 Å². The highest BCUT2D eigenvalue weighted by atomic mass is 19.1. The number of nitro benzene ring substituents is 1. The highest BCUT2D eigenvalue weighted by Crippen LogP contribution is 2.38. The number of carbonyl (C=O) groups excluding carboxylic acids is 1. The Morgan fingerprint density at radius 1 is 1.29 bits per heavy atom. The van der Waals surface area contributed by atoms with Crippen LogP contribution in [0.1, 0.15) is 25.3 Å². The molecule has 1 N–H and O–H groups in total. The van der Waals surface area contributed by atoms with Gasteiger partial charge in [0.15, 0.2) is 0 Å². The van der Waals surface area contributed by atoms with Gasteiger partial charge in [-0.25, -0.2) is 13.6 Å². The van der Waals surface area contributed by atoms with Crippen molar-refractivity contribution in [1.29, 1.82) is 0 Å². The van der Waals surface area contributed by atoms with E-state index in [9.17, 15) is 23.7 Å². The van der Waals surface area contributed by atoms with E-state index in [2.05, 4.69) is 5.32 Å². The number of non-ortho nitro benzene ring substituents is 1. The highest BCUT2D eigenvalue weighted by Gasteiger charge is 2.45. The molecule has 1 aliphatic rings. The third-order valence-corrected chi connectivity index (χ3v) is 4.83. The van der Waals surface area contributed by atoms with Gasteiger partial charge in [-0.2, -0.15) is 0 Å². The second-order valence-corrected chi connectivity index (χ2v) is 6.43. The molecule has 148 valence electrons. The Balaban J connectivity index is 1.87. The molecule has 7 nitrogen and oxygen atoms in total. The molecule has 0 bridgehead atoms. The fraction of sp³-hybridized carbons (Fsp3) is 0.316. The molecular formula is C19H19F2N3O4. The summed E-state index contributed by atoms with van der Waals surface area (Å²) in [6.45, 7) is 2.97. The molecule has 1 atom stereocenters. The van der Waals surface area contributed by atoms with Crippen molar-refractivity contribution in [2.75, 3.05) is 13.1 Å². The van der Waals surface area contributed by atoms with E-state index < -0.39 is 28.3 Å². The zero-order valence-electron chi connectivity index (χ0n) is 15.2. The lowest BCUT2D eigenvalue weighted by atomic mass is 9.95. The minimum atomic E-state index is -1.24. The van der Waals surface area contributed by atoms with E-state index >= 15 is 0 Å². The van der Waals surface area contributed by atoms with Gasteiger partial charge in [-0.05, 0) is 49.7 Å². The third kappa shape index (κ3) is 3.79. The van der Waals surface area contributed by atoms with Crippen LogP contribution in [0.5, 0.6) is 5.75 Å². The molecule has 28 heavy (non-hydrogen) atoms. The maximum absolute atomic E-state index is 14.5. The maximum atomic E-state index is 14.5. The number of ether oxygens (including phenoxy) is 1. The number of benzene rings is 2. The minimum absolute atomic E-state index is 0.0347. The van der Waals surface area contributed by atoms with Gasteiger partial charge in [0.05, 0.1) is 4.92 Å². The number of halogens is 2. The number of nitro groups is 1. The Morgan fingerprint density at radius 2 is 2.00 bits per heavy atom. The number of carbonyl (C=O) groups is 1. The van der Waals surface area contributed by atoms with Crippen LogP contribution < -0.4 is 10.1 Å². The average molecular weight is 391 g/mol. The van der Waals surface area contributed by atoms with Crippen molar-refractivity contribution in [2.24, 2.45) is 0 Å². The molecule has 2 aromatic rings. The number of amides is 1. The standard InChI is InChI=1S/C19H19F2N3O4/c1-2-23-11-3-10-19(23,16-12-13(20)4-9-17(16)21)22-18(25)28-15-7-5-14(6-8-15)24(26)27/h4-9,12H,2-3,10-11H2,1H3,(H,22,25). The Hall–Kier alpha value is -3.07. The van der Waals surface area contributed by atoms with E-state index in [1.807, 2.05) is 11.8 Å². The molecular weight excluding hydrogens is 372 g/mol. The highest BCUT2D eigenvalue weighted by molar-refractivity contribution is 5.72. The fourth-order valence-corrected chi connectivity index (χ4v) is 3.57. The normalized spacial score (nSPS) is 19.4. The van der Waals surface area contributed by atoms with Crippen molar-refractivity contribution >= 4 is 11.8 Å². The summed E-state index contributed by atoms with van der Waals surface area (Å²) in [5.74, 6) is -1.14. The van der Waals surface area contributed by atoms with Crippen molar-refractivity contribution < 1.29 is 23.2 Å². The summed E-state index contributed by atoms with van der Waals surface area (Å²) in [7, 11) is 0. The summed E-state index contributed by atoms with van der Waals surface area (Å²) in [6, 6.07) is 8.13. The van der Waals surface area contributed by atoms with Crippen LogP contribution >= 0.6 is 0 Å². The number of nitrogens with one attached hydrogen (secondary N) is 1. The second-order valence-electron chi connectivity index (χ2n) is 6.43. The smallest absolute Gasteiger partial charge is 0.410 e. The first-order chi connectivity index (χ1) is 13.4. The van der Waals surface area contributed by atoms with Crippen molar-refractivity contribution in [1.82, 2.24) is 10.2 Å². The van der Waals surface area contributed by atoms with Crippen LogP contribution in [0.3, 0.4) is 0 Å². The molecule has 3 rings (SSSR count). The molecule has 1 heterocycles. The van der Waals surface area contributed by atoms with Crippen LogP contribution in [0.4, 0.5) is 19.3 Å². The first-order valence-electron chi connectivity index (χ1n) is 8.81. The van der Waals surface area contributed by atoms with Gasteiger partial charge in [0.25, 0.3) is 5.69 Å². The van der Waals surface area contributed by atoms with E-state index in [1.54, 1.807) is 0 Å². The predicted molar refractivity (Wildman–Crippen MR) is 96.8 cm³/mol. The minimum Gasteiger partial charge on any atom is -0.410 e. The van der Waals surface area contributed by atoms with Gasteiger partial charge in [0.2, 0.25) is 0 Å². The van der Waals surface area contributed by atoms with Crippen molar-refractivity contribution in [3.8, 4) is 5.75 Å². The van der Waals surface area contributed by atoms with Gasteiger partial charge in [0.1, 0.15) is 23.0 Å². The van der Waals surface area contributed by atoms with Gasteiger partial charge in [0, 0.05) is 24.2 Å². The predicted octanol–water partition coefficient (Wildman–Crippen LogP) is 3.93. The molecule has 0 spiro atoms. The average Bonchev–Trinajstić information content (AvgIpc) is 3.07. The van der Waals surface area contributed by atoms with Gasteiger partial charge in [-0.15, -0.1) is 0 Å². The first-order valence-corrected chi connectivity index (χ1v) is 8.81. The maximum Gasteiger partial charge on any atom is 0.414 e. The van der Waals surface area contributed by atoms with Crippen molar-refractivity contribution in [3.63, 3.8) is 0 Å². The molecule has 1 amide bonds. The van der Waals surface area contributed by atoms with E-state index in [-0.39, 0.29) is 17.0 Å². The van der Waals surface area contributed by atoms with Crippen LogP contribution in [-0.2, 0) is 5.66 Å². The Bertz CT molecular complexity index is 891. The summed E-state index contributed by atoms with van der Waals surface area (Å²) < 4.78 is 33.5. The van der Waals surface area contributed by atoms with Crippen LogP contribution in [0.15, 0.2) is 42.5 Å². The summed E-state index contributed by atoms with van der Waals surface area (Å²) in [5.41, 5.74) is -1.34. The molecule has 0 saturated carbocycles. The molecule has 9 heteroatoms. The zero-order chi connectivity index (χ0) is 20.3. The third-order valence-electron chi connectivity index (χ3n) is 4.83. The first kappa shape index (κ1) is 19.7. The second kappa shape index (κ2) is 7.89. The number of rotatable bonds is 5. The molecule has 0 radical (unpaired) electrons. The Kier molecular flexibility index (Phi) is 5.55. The summed E-state index contributed by atoms with van der Waals surface area (Å²) in [5, 5.41) is 13.4. The lowest BCUT2D eigenvalue weighted by Crippen LogP contribution is -2.55. The molecule has 0 aliphatic carbocycles. The summed E-state index contributed by atoms with van der Waals surface area (Å²) in [6.07, 6.45) is 0.205. The van der Waals surface area contributed by atoms with Gasteiger partial charge < -0.3 is 4.74 Å². The largest absolute Gasteiger partial charge is 0.414 e. The molecule has 1 saturated heterocycles. The van der Waals surface area contributed by atoms with Crippen molar-refractivity contribution in [3.05, 3.63) is 69.8 Å². The number of hydrogen-bond donors (Lipinski definition) is 1. The number of likely N-dealkylation sites (tertiary alicyclic amines) is 1. The van der Waals surface area contributed by atoms with Crippen LogP contribution in [0.25, 0.3) is 0 Å². The Morgan fingerprint density at radius 3 is 2.64 bits per heavy atom. The van der Waals surface area contributed by atoms with Crippen LogP contribution in [0, 0.1) is 21.7 Å². The van der Waals surface area contributed by atoms with E-state index in [4.69, 9.17) is 4.74 Å². The van der Waals surface area contributed by atoms with Gasteiger partial charge in [-0.3, -0.25) is 20.3 Å². The topological polar surface area (TPSA) is 84.7 Å². The molecule has 0 aromatic heterocycles. The van der Waals surface area contributed by atoms with Crippen LogP contribution in [-0.4, -0.2) is 29.0 Å². The lowest BCUT2D eigenvalue weighted by molar-refractivity contribution is -0.384. The summed E-state index contributed by atoms with van der Waals surface area (Å²) >= 11 is 0. The van der Waals surface area contributed by atoms with Gasteiger partial charge >= 0.3 is 6.09 Å². The monoisotopic (exact) mass is 391 g/mol. The SMILES string of the molecule is CCN1CCCC1(NC(=O)Oc1ccc([N+](=O)[O-])cc1)c1cc(F)ccc1F. The number of hydrogen-bond acceptors (Lipinski definition) is 5. The fourth-order valence-electron chi connectivity index (χ4n) is 3.57. The quantitative estimate of drug-likeness (QED) is 0.617. The van der Waals surface area contributed by atoms with E-state index in [1.165, 1.54) is 24.3 Å². The molecule has 1 unspecified atom stereocenters. The van der Waals surface area contributed by atoms with Gasteiger partial charge in [-0.1, -0.05) is 6.92 Å². The molecule has 2 aromatic carbocycles. The molecule has 1 aliphatic heterocycles. The van der Waals surface area contributed by atoms with E-state index in [0.717, 1.165) is 18.2 Å². The number of nitrogens with zero attached hydrogens (tertiary/aromatic N) is 2. The summed E-state index contributed by atoms with van der Waals surface area (Å²) in [4.78, 5) is 24.5. The van der Waals surface area contributed by atoms with Crippen molar-refractivity contribution in [2.45, 2.75) is 25.4 Å².